The Kier molecular flexibility index (Phi) is 4.19. The maximum Gasteiger partial charge on any atom is 0.124 e. The van der Waals surface area contributed by atoms with Crippen molar-refractivity contribution in [2.45, 2.75) is 64.0 Å². The van der Waals surface area contributed by atoms with Crippen molar-refractivity contribution in [2.75, 3.05) is 0 Å². The molecule has 0 spiro atoms. The summed E-state index contributed by atoms with van der Waals surface area (Å²) in [5.74, 6) is 0. The molecular weight excluding hydrogens is 368 g/mol. The Bertz CT molecular complexity index is 1010. The second-order valence-corrected chi connectivity index (χ2v) is 9.56. The van der Waals surface area contributed by atoms with Crippen LogP contribution in [0.2, 0.25) is 0 Å². The summed E-state index contributed by atoms with van der Waals surface area (Å²) in [5.41, 5.74) is 13.7. The molecule has 0 fully saturated rings. The van der Waals surface area contributed by atoms with Gasteiger partial charge in [-0.1, -0.05) is 6.07 Å². The minimum atomic E-state index is -0.951. The molecule has 5 nitrogen and oxygen atoms in total. The highest BCUT2D eigenvalue weighted by Gasteiger charge is 2.27. The van der Waals surface area contributed by atoms with Crippen molar-refractivity contribution < 1.29 is 5.11 Å². The summed E-state index contributed by atoms with van der Waals surface area (Å²) in [6.45, 7) is 3.48. The van der Waals surface area contributed by atoms with Crippen molar-refractivity contribution in [1.29, 1.82) is 0 Å². The third-order valence-corrected chi connectivity index (χ3v) is 7.35. The molecule has 0 aliphatic heterocycles. The molecule has 0 bridgehead atoms. The first-order chi connectivity index (χ1) is 13.4. The maximum absolute atomic E-state index is 10.2. The van der Waals surface area contributed by atoms with E-state index in [1.165, 1.54) is 65.0 Å². The van der Waals surface area contributed by atoms with Crippen LogP contribution in [0, 0.1) is 0 Å². The largest absolute Gasteiger partial charge is 0.383 e. The molecule has 3 aromatic rings. The summed E-state index contributed by atoms with van der Waals surface area (Å²) in [6, 6.07) is 4.13. The zero-order valence-electron chi connectivity index (χ0n) is 16.4. The number of benzene rings is 1. The molecule has 6 heteroatoms. The van der Waals surface area contributed by atoms with E-state index in [1.807, 2.05) is 6.07 Å². The van der Waals surface area contributed by atoms with E-state index >= 15 is 0 Å². The zero-order chi connectivity index (χ0) is 19.5. The molecule has 2 aromatic heterocycles. The smallest absolute Gasteiger partial charge is 0.124 e. The number of hydrogen-bond donors (Lipinski definition) is 2. The van der Waals surface area contributed by atoms with Crippen LogP contribution in [0.15, 0.2) is 24.5 Å². The Balaban J connectivity index is 1.52. The summed E-state index contributed by atoms with van der Waals surface area (Å²) < 4.78 is 2.06. The fourth-order valence-corrected chi connectivity index (χ4v) is 5.48. The van der Waals surface area contributed by atoms with Crippen LogP contribution in [-0.4, -0.2) is 19.9 Å². The van der Waals surface area contributed by atoms with E-state index < -0.39 is 5.60 Å². The Labute approximate surface area is 169 Å². The molecule has 146 valence electrons. The van der Waals surface area contributed by atoms with Gasteiger partial charge < -0.3 is 10.8 Å². The predicted octanol–water partition coefficient (Wildman–Crippen LogP) is 3.58. The summed E-state index contributed by atoms with van der Waals surface area (Å²) in [6.07, 6.45) is 10.9. The average Bonchev–Trinajstić information content (AvgIpc) is 3.44. The van der Waals surface area contributed by atoms with Gasteiger partial charge in [-0.25, -0.2) is 9.67 Å². The molecule has 1 unspecified atom stereocenters. The SMILES string of the molecule is CC(C)(O)c1ncc(C(N)c2ccn(-c3c4c(cc5c3CCC5)CCC4)n2)s1. The fraction of sp³-hybridized carbons (Fsp3) is 0.455. The number of rotatable bonds is 4. The van der Waals surface area contributed by atoms with Crippen LogP contribution in [0.5, 0.6) is 0 Å². The number of nitrogens with zero attached hydrogens (tertiary/aromatic N) is 3. The zero-order valence-corrected chi connectivity index (χ0v) is 17.2. The minimum absolute atomic E-state index is 0.334. The summed E-state index contributed by atoms with van der Waals surface area (Å²) in [4.78, 5) is 5.27. The highest BCUT2D eigenvalue weighted by Crippen LogP contribution is 2.37. The molecule has 3 N–H and O–H groups in total. The van der Waals surface area contributed by atoms with Gasteiger partial charge in [-0.3, -0.25) is 0 Å². The first kappa shape index (κ1) is 18.0. The van der Waals surface area contributed by atoms with Gasteiger partial charge in [0, 0.05) is 17.3 Å². The Morgan fingerprint density at radius 2 is 1.82 bits per heavy atom. The van der Waals surface area contributed by atoms with Gasteiger partial charge in [0.1, 0.15) is 10.6 Å². The van der Waals surface area contributed by atoms with Crippen LogP contribution in [0.1, 0.15) is 70.6 Å². The number of fused-ring (bicyclic) bond motifs is 2. The van der Waals surface area contributed by atoms with Crippen LogP contribution in [0.3, 0.4) is 0 Å². The molecule has 1 atom stereocenters. The molecule has 2 heterocycles. The Morgan fingerprint density at radius 3 is 2.43 bits per heavy atom. The highest BCUT2D eigenvalue weighted by atomic mass is 32.1. The molecule has 28 heavy (non-hydrogen) atoms. The van der Waals surface area contributed by atoms with Crippen molar-refractivity contribution in [3.63, 3.8) is 0 Å². The van der Waals surface area contributed by atoms with Gasteiger partial charge in [0.2, 0.25) is 0 Å². The van der Waals surface area contributed by atoms with Gasteiger partial charge in [-0.15, -0.1) is 11.3 Å². The molecule has 5 rings (SSSR count). The first-order valence-electron chi connectivity index (χ1n) is 10.1. The van der Waals surface area contributed by atoms with E-state index in [0.29, 0.717) is 5.01 Å². The van der Waals surface area contributed by atoms with Crippen LogP contribution in [-0.2, 0) is 31.3 Å². The molecule has 2 aliphatic rings. The van der Waals surface area contributed by atoms with Gasteiger partial charge in [-0.05, 0) is 80.7 Å². The standard InChI is InChI=1S/C22H26N4OS/c1-22(2,27)21-24-12-18(28-21)19(23)17-9-10-26(25-17)20-15-7-3-5-13(15)11-14-6-4-8-16(14)20/h9-12,19,27H,3-8,23H2,1-2H3. The fourth-order valence-electron chi connectivity index (χ4n) is 4.55. The van der Waals surface area contributed by atoms with Gasteiger partial charge in [0.25, 0.3) is 0 Å². The third-order valence-electron chi connectivity index (χ3n) is 5.95. The number of thiazole rings is 1. The van der Waals surface area contributed by atoms with E-state index in [4.69, 9.17) is 10.8 Å². The number of hydrogen-bond acceptors (Lipinski definition) is 5. The molecule has 0 amide bonds. The van der Waals surface area contributed by atoms with Crippen LogP contribution in [0.25, 0.3) is 5.69 Å². The lowest BCUT2D eigenvalue weighted by atomic mass is 9.99. The first-order valence-corrected chi connectivity index (χ1v) is 10.9. The van der Waals surface area contributed by atoms with Crippen molar-refractivity contribution >= 4 is 11.3 Å². The molecule has 0 saturated heterocycles. The van der Waals surface area contributed by atoms with Crippen molar-refractivity contribution in [2.24, 2.45) is 5.73 Å². The van der Waals surface area contributed by atoms with Crippen LogP contribution < -0.4 is 5.73 Å². The van der Waals surface area contributed by atoms with E-state index in [9.17, 15) is 5.11 Å². The monoisotopic (exact) mass is 394 g/mol. The predicted molar refractivity (Wildman–Crippen MR) is 111 cm³/mol. The van der Waals surface area contributed by atoms with E-state index in [-0.39, 0.29) is 6.04 Å². The van der Waals surface area contributed by atoms with Gasteiger partial charge in [-0.2, -0.15) is 5.10 Å². The number of aryl methyl sites for hydroxylation is 2. The quantitative estimate of drug-likeness (QED) is 0.709. The van der Waals surface area contributed by atoms with E-state index in [0.717, 1.165) is 23.4 Å². The molecule has 0 saturated carbocycles. The second kappa shape index (κ2) is 6.51. The summed E-state index contributed by atoms with van der Waals surface area (Å²) in [7, 11) is 0. The van der Waals surface area contributed by atoms with Gasteiger partial charge in [0.05, 0.1) is 17.4 Å². The molecular formula is C22H26N4OS. The normalized spacial score (nSPS) is 17.0. The van der Waals surface area contributed by atoms with Crippen molar-refractivity contribution in [1.82, 2.24) is 14.8 Å². The average molecular weight is 395 g/mol. The van der Waals surface area contributed by atoms with Crippen LogP contribution >= 0.6 is 11.3 Å². The van der Waals surface area contributed by atoms with Crippen molar-refractivity contribution in [3.8, 4) is 5.69 Å². The lowest BCUT2D eigenvalue weighted by molar-refractivity contribution is 0.0783. The van der Waals surface area contributed by atoms with E-state index in [1.54, 1.807) is 20.0 Å². The molecule has 2 aliphatic carbocycles. The lowest BCUT2D eigenvalue weighted by Crippen LogP contribution is -2.14. The van der Waals surface area contributed by atoms with E-state index in [2.05, 4.69) is 21.9 Å². The maximum atomic E-state index is 10.2. The summed E-state index contributed by atoms with van der Waals surface area (Å²) in [5, 5.41) is 15.7. The molecule has 0 radical (unpaired) electrons. The van der Waals surface area contributed by atoms with Crippen molar-refractivity contribution in [3.05, 3.63) is 62.4 Å². The number of aromatic nitrogens is 3. The number of nitrogens with two attached hydrogens (primary N) is 1. The second-order valence-electron chi connectivity index (χ2n) is 8.50. The minimum Gasteiger partial charge on any atom is -0.383 e. The lowest BCUT2D eigenvalue weighted by Gasteiger charge is -2.15. The topological polar surface area (TPSA) is 77.0 Å². The Hall–Kier alpha value is -2.02. The Morgan fingerprint density at radius 1 is 1.14 bits per heavy atom. The number of aliphatic hydroxyl groups is 1. The van der Waals surface area contributed by atoms with Gasteiger partial charge in [0.15, 0.2) is 0 Å². The summed E-state index contributed by atoms with van der Waals surface area (Å²) >= 11 is 1.45. The van der Waals surface area contributed by atoms with Gasteiger partial charge >= 0.3 is 0 Å². The third kappa shape index (κ3) is 2.91. The highest BCUT2D eigenvalue weighted by molar-refractivity contribution is 7.11. The molecule has 1 aromatic carbocycles. The van der Waals surface area contributed by atoms with Crippen LogP contribution in [0.4, 0.5) is 0 Å².